The average molecular weight is 238 g/mol. The van der Waals surface area contributed by atoms with Crippen LogP contribution in [0.25, 0.3) is 0 Å². The third-order valence-electron chi connectivity index (χ3n) is 1.69. The second kappa shape index (κ2) is 3.70. The van der Waals surface area contributed by atoms with Crippen LogP contribution in [0, 0.1) is 0 Å². The van der Waals surface area contributed by atoms with E-state index in [1.807, 2.05) is 23.0 Å². The van der Waals surface area contributed by atoms with E-state index in [1.165, 1.54) is 0 Å². The van der Waals surface area contributed by atoms with E-state index in [4.69, 9.17) is 0 Å². The molecule has 0 spiro atoms. The fourth-order valence-electron chi connectivity index (χ4n) is 1.13. The maximum atomic E-state index is 4.08. The molecule has 0 radical (unpaired) electrons. The molecule has 0 N–H and O–H groups in total. The van der Waals surface area contributed by atoms with E-state index in [-0.39, 0.29) is 0 Å². The third-order valence-corrected chi connectivity index (χ3v) is 2.12. The number of rotatable bonds is 2. The van der Waals surface area contributed by atoms with Gasteiger partial charge in [-0.3, -0.25) is 4.98 Å². The highest BCUT2D eigenvalue weighted by atomic mass is 79.9. The van der Waals surface area contributed by atoms with Gasteiger partial charge < -0.3 is 4.57 Å². The molecule has 0 aromatic carbocycles. The highest BCUT2D eigenvalue weighted by Crippen LogP contribution is 2.10. The van der Waals surface area contributed by atoms with Crippen molar-refractivity contribution in [3.8, 4) is 0 Å². The van der Waals surface area contributed by atoms with Gasteiger partial charge in [0.05, 0.1) is 12.9 Å². The first-order chi connectivity index (χ1) is 6.34. The zero-order valence-electron chi connectivity index (χ0n) is 6.89. The molecule has 0 bridgehead atoms. The van der Waals surface area contributed by atoms with E-state index in [9.17, 15) is 0 Å². The van der Waals surface area contributed by atoms with Crippen LogP contribution >= 0.6 is 15.9 Å². The van der Waals surface area contributed by atoms with E-state index >= 15 is 0 Å². The summed E-state index contributed by atoms with van der Waals surface area (Å²) < 4.78 is 3.01. The third kappa shape index (κ3) is 2.15. The minimum atomic E-state index is 0.812. The number of pyridine rings is 1. The standard InChI is InChI=1S/C9H8BrN3/c10-9-3-8(4-12-5-9)6-13-2-1-11-7-13/h1-5,7H,6H2. The molecule has 0 saturated carbocycles. The molecule has 2 heterocycles. The van der Waals surface area contributed by atoms with Crippen LogP contribution in [0.5, 0.6) is 0 Å². The van der Waals surface area contributed by atoms with Gasteiger partial charge in [-0.15, -0.1) is 0 Å². The number of imidazole rings is 1. The molecule has 0 aliphatic carbocycles. The van der Waals surface area contributed by atoms with Crippen LogP contribution < -0.4 is 0 Å². The van der Waals surface area contributed by atoms with Gasteiger partial charge in [0.2, 0.25) is 0 Å². The lowest BCUT2D eigenvalue weighted by Gasteiger charge is -2.01. The summed E-state index contributed by atoms with van der Waals surface area (Å²) in [6.07, 6.45) is 9.12. The van der Waals surface area contributed by atoms with Crippen molar-refractivity contribution >= 4 is 15.9 Å². The molecule has 0 saturated heterocycles. The number of nitrogens with zero attached hydrogens (tertiary/aromatic N) is 3. The fraction of sp³-hybridized carbons (Fsp3) is 0.111. The second-order valence-corrected chi connectivity index (χ2v) is 3.66. The Morgan fingerprint density at radius 3 is 2.92 bits per heavy atom. The Kier molecular flexibility index (Phi) is 2.40. The number of aromatic nitrogens is 3. The Balaban J connectivity index is 2.19. The largest absolute Gasteiger partial charge is 0.333 e. The highest BCUT2D eigenvalue weighted by Gasteiger charge is 1.95. The van der Waals surface area contributed by atoms with Crippen LogP contribution in [-0.4, -0.2) is 14.5 Å². The quantitative estimate of drug-likeness (QED) is 0.801. The van der Waals surface area contributed by atoms with Gasteiger partial charge in [-0.1, -0.05) is 0 Å². The smallest absolute Gasteiger partial charge is 0.0949 e. The molecule has 0 unspecified atom stereocenters. The van der Waals surface area contributed by atoms with Crippen molar-refractivity contribution in [3.63, 3.8) is 0 Å². The Bertz CT molecular complexity index is 384. The highest BCUT2D eigenvalue weighted by molar-refractivity contribution is 9.10. The Morgan fingerprint density at radius 1 is 1.31 bits per heavy atom. The van der Waals surface area contributed by atoms with E-state index in [2.05, 4.69) is 25.9 Å². The van der Waals surface area contributed by atoms with Crippen molar-refractivity contribution in [2.45, 2.75) is 6.54 Å². The second-order valence-electron chi connectivity index (χ2n) is 2.75. The summed E-state index contributed by atoms with van der Waals surface area (Å²) in [6, 6.07) is 2.05. The van der Waals surface area contributed by atoms with Gasteiger partial charge in [-0.05, 0) is 27.6 Å². The van der Waals surface area contributed by atoms with Gasteiger partial charge in [0.1, 0.15) is 0 Å². The van der Waals surface area contributed by atoms with Gasteiger partial charge in [-0.2, -0.15) is 0 Å². The van der Waals surface area contributed by atoms with Gasteiger partial charge in [0.25, 0.3) is 0 Å². The first-order valence-electron chi connectivity index (χ1n) is 3.90. The minimum Gasteiger partial charge on any atom is -0.333 e. The molecular weight excluding hydrogens is 230 g/mol. The molecule has 0 atom stereocenters. The number of halogens is 1. The van der Waals surface area contributed by atoms with Crippen molar-refractivity contribution in [1.29, 1.82) is 0 Å². The molecular formula is C9H8BrN3. The summed E-state index contributed by atoms with van der Waals surface area (Å²) in [4.78, 5) is 8.06. The summed E-state index contributed by atoms with van der Waals surface area (Å²) >= 11 is 3.38. The zero-order valence-corrected chi connectivity index (χ0v) is 8.48. The SMILES string of the molecule is Brc1cncc(Cn2ccnc2)c1. The van der Waals surface area contributed by atoms with Gasteiger partial charge in [-0.25, -0.2) is 4.98 Å². The molecule has 3 nitrogen and oxygen atoms in total. The molecule has 0 aliphatic rings. The molecule has 2 aromatic rings. The van der Waals surface area contributed by atoms with Gasteiger partial charge in [0, 0.05) is 29.3 Å². The van der Waals surface area contributed by atoms with Crippen LogP contribution in [0.2, 0.25) is 0 Å². The van der Waals surface area contributed by atoms with Crippen LogP contribution in [-0.2, 0) is 6.54 Å². The van der Waals surface area contributed by atoms with Gasteiger partial charge >= 0.3 is 0 Å². The molecule has 0 aliphatic heterocycles. The predicted molar refractivity (Wildman–Crippen MR) is 53.3 cm³/mol. The summed E-state index contributed by atoms with van der Waals surface area (Å²) in [7, 11) is 0. The Hall–Kier alpha value is -1.16. The summed E-state index contributed by atoms with van der Waals surface area (Å²) in [6.45, 7) is 0.812. The Morgan fingerprint density at radius 2 is 2.23 bits per heavy atom. The van der Waals surface area contributed by atoms with E-state index in [0.29, 0.717) is 0 Å². The van der Waals surface area contributed by atoms with E-state index in [1.54, 1.807) is 18.7 Å². The Labute approximate surface area is 84.6 Å². The summed E-state index contributed by atoms with van der Waals surface area (Å²) in [5.41, 5.74) is 1.16. The minimum absolute atomic E-state index is 0.812. The lowest BCUT2D eigenvalue weighted by molar-refractivity contribution is 0.792. The average Bonchev–Trinajstić information content (AvgIpc) is 2.57. The molecule has 4 heteroatoms. The maximum absolute atomic E-state index is 4.08. The normalized spacial score (nSPS) is 10.2. The van der Waals surface area contributed by atoms with Crippen LogP contribution in [0.15, 0.2) is 41.7 Å². The molecule has 2 rings (SSSR count). The summed E-state index contributed by atoms with van der Waals surface area (Å²) in [5.74, 6) is 0. The van der Waals surface area contributed by atoms with Crippen molar-refractivity contribution in [3.05, 3.63) is 47.2 Å². The van der Waals surface area contributed by atoms with E-state index in [0.717, 1.165) is 16.6 Å². The van der Waals surface area contributed by atoms with Crippen molar-refractivity contribution in [2.75, 3.05) is 0 Å². The first kappa shape index (κ1) is 8.44. The maximum Gasteiger partial charge on any atom is 0.0949 e. The number of hydrogen-bond donors (Lipinski definition) is 0. The zero-order chi connectivity index (χ0) is 9.10. The fourth-order valence-corrected chi connectivity index (χ4v) is 1.55. The van der Waals surface area contributed by atoms with Crippen LogP contribution in [0.4, 0.5) is 0 Å². The van der Waals surface area contributed by atoms with E-state index < -0.39 is 0 Å². The summed E-state index contributed by atoms with van der Waals surface area (Å²) in [5, 5.41) is 0. The lowest BCUT2D eigenvalue weighted by Crippen LogP contribution is -1.96. The molecule has 66 valence electrons. The molecule has 2 aromatic heterocycles. The monoisotopic (exact) mass is 237 g/mol. The topological polar surface area (TPSA) is 30.7 Å². The first-order valence-corrected chi connectivity index (χ1v) is 4.69. The molecule has 0 amide bonds. The van der Waals surface area contributed by atoms with Gasteiger partial charge in [0.15, 0.2) is 0 Å². The lowest BCUT2D eigenvalue weighted by atomic mass is 10.3. The van der Waals surface area contributed by atoms with Crippen molar-refractivity contribution in [2.24, 2.45) is 0 Å². The number of hydrogen-bond acceptors (Lipinski definition) is 2. The molecule has 0 fully saturated rings. The molecule has 13 heavy (non-hydrogen) atoms. The van der Waals surface area contributed by atoms with Crippen LogP contribution in [0.3, 0.4) is 0 Å². The van der Waals surface area contributed by atoms with Crippen molar-refractivity contribution in [1.82, 2.24) is 14.5 Å². The van der Waals surface area contributed by atoms with Crippen molar-refractivity contribution < 1.29 is 0 Å². The van der Waals surface area contributed by atoms with Crippen LogP contribution in [0.1, 0.15) is 5.56 Å². The predicted octanol–water partition coefficient (Wildman–Crippen LogP) is 2.09.